The molecule has 17 heavy (non-hydrogen) atoms. The Morgan fingerprint density at radius 1 is 1.18 bits per heavy atom. The minimum absolute atomic E-state index is 0.0207. The third-order valence-electron chi connectivity index (χ3n) is 3.00. The molecule has 0 fully saturated rings. The van der Waals surface area contributed by atoms with Crippen LogP contribution in [0.2, 0.25) is 0 Å². The molecular formula is C14H16N2O. The van der Waals surface area contributed by atoms with E-state index in [4.69, 9.17) is 0 Å². The maximum atomic E-state index is 11.3. The Balaban J connectivity index is 2.17. The highest BCUT2D eigenvalue weighted by atomic mass is 16.1. The molecule has 3 heteroatoms. The maximum absolute atomic E-state index is 11.3. The average molecular weight is 228 g/mol. The van der Waals surface area contributed by atoms with Crippen molar-refractivity contribution in [3.8, 4) is 0 Å². The van der Waals surface area contributed by atoms with E-state index in [1.165, 1.54) is 11.1 Å². The molecule has 0 saturated heterocycles. The van der Waals surface area contributed by atoms with Crippen molar-refractivity contribution >= 4 is 0 Å². The molecule has 0 radical (unpaired) electrons. The normalized spacial score (nSPS) is 10.5. The molecule has 3 nitrogen and oxygen atoms in total. The van der Waals surface area contributed by atoms with Crippen LogP contribution in [0.1, 0.15) is 22.4 Å². The largest absolute Gasteiger partial charge is 0.326 e. The van der Waals surface area contributed by atoms with E-state index in [-0.39, 0.29) is 5.56 Å². The first-order chi connectivity index (χ1) is 8.16. The second kappa shape index (κ2) is 4.95. The Hall–Kier alpha value is -1.90. The van der Waals surface area contributed by atoms with Crippen molar-refractivity contribution in [3.05, 3.63) is 63.3 Å². The number of rotatable bonds is 3. The molecule has 2 aromatic heterocycles. The van der Waals surface area contributed by atoms with Crippen LogP contribution in [0.25, 0.3) is 0 Å². The number of pyridine rings is 2. The highest BCUT2D eigenvalue weighted by Crippen LogP contribution is 2.12. The molecule has 2 rings (SSSR count). The lowest BCUT2D eigenvalue weighted by Crippen LogP contribution is -2.11. The van der Waals surface area contributed by atoms with Gasteiger partial charge in [0.15, 0.2) is 0 Å². The standard InChI is InChI=1S/C14H16N2O/c1-10-9-14(17)16-11(2)13(10)4-3-12-5-7-15-8-6-12/h5-9H,3-4H2,1-2H3,(H,16,17). The highest BCUT2D eigenvalue weighted by Gasteiger charge is 2.04. The van der Waals surface area contributed by atoms with Crippen LogP contribution in [0.4, 0.5) is 0 Å². The molecule has 1 N–H and O–H groups in total. The summed E-state index contributed by atoms with van der Waals surface area (Å²) in [7, 11) is 0. The molecule has 0 spiro atoms. The minimum Gasteiger partial charge on any atom is -0.326 e. The topological polar surface area (TPSA) is 45.8 Å². The number of aryl methyl sites for hydroxylation is 3. The smallest absolute Gasteiger partial charge is 0.248 e. The number of nitrogens with zero attached hydrogens (tertiary/aromatic N) is 1. The predicted molar refractivity (Wildman–Crippen MR) is 68.2 cm³/mol. The van der Waals surface area contributed by atoms with E-state index in [0.717, 1.165) is 24.1 Å². The van der Waals surface area contributed by atoms with E-state index in [0.29, 0.717) is 0 Å². The maximum Gasteiger partial charge on any atom is 0.248 e. The van der Waals surface area contributed by atoms with E-state index in [1.807, 2.05) is 38.4 Å². The van der Waals surface area contributed by atoms with Crippen LogP contribution in [-0.2, 0) is 12.8 Å². The molecule has 2 heterocycles. The highest BCUT2D eigenvalue weighted by molar-refractivity contribution is 5.29. The second-order valence-corrected chi connectivity index (χ2v) is 4.28. The molecule has 0 unspecified atom stereocenters. The molecular weight excluding hydrogens is 212 g/mol. The number of aromatic amines is 1. The van der Waals surface area contributed by atoms with Crippen molar-refractivity contribution in [2.75, 3.05) is 0 Å². The predicted octanol–water partition coefficient (Wildman–Crippen LogP) is 2.17. The third kappa shape index (κ3) is 2.81. The molecule has 2 aromatic rings. The number of H-pyrrole nitrogens is 1. The van der Waals surface area contributed by atoms with Crippen LogP contribution in [0.3, 0.4) is 0 Å². The number of hydrogen-bond acceptors (Lipinski definition) is 2. The fraction of sp³-hybridized carbons (Fsp3) is 0.286. The lowest BCUT2D eigenvalue weighted by molar-refractivity contribution is 0.908. The van der Waals surface area contributed by atoms with Crippen molar-refractivity contribution in [2.24, 2.45) is 0 Å². The zero-order valence-electron chi connectivity index (χ0n) is 10.2. The first-order valence-corrected chi connectivity index (χ1v) is 5.75. The lowest BCUT2D eigenvalue weighted by Gasteiger charge is -2.08. The van der Waals surface area contributed by atoms with Crippen LogP contribution >= 0.6 is 0 Å². The average Bonchev–Trinajstić information content (AvgIpc) is 2.29. The van der Waals surface area contributed by atoms with Gasteiger partial charge in [0, 0.05) is 24.2 Å². The van der Waals surface area contributed by atoms with Crippen molar-refractivity contribution in [1.82, 2.24) is 9.97 Å². The van der Waals surface area contributed by atoms with E-state index in [9.17, 15) is 4.79 Å². The molecule has 0 aromatic carbocycles. The van der Waals surface area contributed by atoms with Gasteiger partial charge in [0.25, 0.3) is 0 Å². The molecule has 0 saturated carbocycles. The van der Waals surface area contributed by atoms with Gasteiger partial charge in [0.05, 0.1) is 0 Å². The fourth-order valence-corrected chi connectivity index (χ4v) is 2.08. The second-order valence-electron chi connectivity index (χ2n) is 4.28. The van der Waals surface area contributed by atoms with Crippen molar-refractivity contribution in [1.29, 1.82) is 0 Å². The molecule has 0 aliphatic heterocycles. The van der Waals surface area contributed by atoms with E-state index in [1.54, 1.807) is 6.07 Å². The molecule has 0 amide bonds. The molecule has 0 aliphatic carbocycles. The van der Waals surface area contributed by atoms with Gasteiger partial charge in [0.2, 0.25) is 5.56 Å². The number of hydrogen-bond donors (Lipinski definition) is 1. The summed E-state index contributed by atoms with van der Waals surface area (Å²) in [6.07, 6.45) is 5.53. The van der Waals surface area contributed by atoms with Gasteiger partial charge in [-0.3, -0.25) is 9.78 Å². The van der Waals surface area contributed by atoms with Crippen LogP contribution in [0.5, 0.6) is 0 Å². The van der Waals surface area contributed by atoms with E-state index < -0.39 is 0 Å². The SMILES string of the molecule is Cc1cc(=O)[nH]c(C)c1CCc1ccncc1. The van der Waals surface area contributed by atoms with Gasteiger partial charge in [-0.05, 0) is 55.5 Å². The summed E-state index contributed by atoms with van der Waals surface area (Å²) in [6, 6.07) is 5.71. The van der Waals surface area contributed by atoms with Gasteiger partial charge in [0.1, 0.15) is 0 Å². The summed E-state index contributed by atoms with van der Waals surface area (Å²) in [5.74, 6) is 0. The fourth-order valence-electron chi connectivity index (χ4n) is 2.08. The van der Waals surface area contributed by atoms with Crippen molar-refractivity contribution < 1.29 is 0 Å². The van der Waals surface area contributed by atoms with Gasteiger partial charge in [-0.2, -0.15) is 0 Å². The van der Waals surface area contributed by atoms with Crippen LogP contribution in [0.15, 0.2) is 35.4 Å². The Morgan fingerprint density at radius 2 is 1.88 bits per heavy atom. The van der Waals surface area contributed by atoms with Crippen molar-refractivity contribution in [2.45, 2.75) is 26.7 Å². The van der Waals surface area contributed by atoms with Gasteiger partial charge in [-0.1, -0.05) is 0 Å². The van der Waals surface area contributed by atoms with Crippen LogP contribution in [-0.4, -0.2) is 9.97 Å². The Bertz CT molecular complexity index is 532. The molecule has 0 aliphatic rings. The van der Waals surface area contributed by atoms with Gasteiger partial charge < -0.3 is 4.98 Å². The summed E-state index contributed by atoms with van der Waals surface area (Å²) < 4.78 is 0. The summed E-state index contributed by atoms with van der Waals surface area (Å²) in [5.41, 5.74) is 4.53. The Kier molecular flexibility index (Phi) is 3.38. The van der Waals surface area contributed by atoms with Gasteiger partial charge in [-0.15, -0.1) is 0 Å². The number of nitrogens with one attached hydrogen (secondary N) is 1. The zero-order chi connectivity index (χ0) is 12.3. The first-order valence-electron chi connectivity index (χ1n) is 5.75. The van der Waals surface area contributed by atoms with Gasteiger partial charge in [-0.25, -0.2) is 0 Å². The van der Waals surface area contributed by atoms with Crippen LogP contribution < -0.4 is 5.56 Å². The van der Waals surface area contributed by atoms with E-state index >= 15 is 0 Å². The van der Waals surface area contributed by atoms with Crippen LogP contribution in [0, 0.1) is 13.8 Å². The van der Waals surface area contributed by atoms with Crippen molar-refractivity contribution in [3.63, 3.8) is 0 Å². The minimum atomic E-state index is -0.0207. The van der Waals surface area contributed by atoms with E-state index in [2.05, 4.69) is 9.97 Å². The Morgan fingerprint density at radius 3 is 2.53 bits per heavy atom. The quantitative estimate of drug-likeness (QED) is 0.875. The molecule has 0 bridgehead atoms. The molecule has 0 atom stereocenters. The lowest BCUT2D eigenvalue weighted by atomic mass is 10.0. The summed E-state index contributed by atoms with van der Waals surface area (Å²) in [4.78, 5) is 18.1. The first kappa shape index (κ1) is 11.6. The summed E-state index contributed by atoms with van der Waals surface area (Å²) in [6.45, 7) is 3.94. The monoisotopic (exact) mass is 228 g/mol. The third-order valence-corrected chi connectivity index (χ3v) is 3.00. The zero-order valence-corrected chi connectivity index (χ0v) is 10.2. The molecule has 88 valence electrons. The summed E-state index contributed by atoms with van der Waals surface area (Å²) in [5, 5.41) is 0. The van der Waals surface area contributed by atoms with Gasteiger partial charge >= 0.3 is 0 Å². The Labute approximate surface area is 101 Å². The summed E-state index contributed by atoms with van der Waals surface area (Å²) >= 11 is 0. The number of aromatic nitrogens is 2.